The quantitative estimate of drug-likeness (QED) is 0.810. The van der Waals surface area contributed by atoms with Crippen LogP contribution in [0.3, 0.4) is 0 Å². The Bertz CT molecular complexity index is 462. The van der Waals surface area contributed by atoms with E-state index in [0.717, 1.165) is 12.8 Å². The van der Waals surface area contributed by atoms with Crippen molar-refractivity contribution in [2.24, 2.45) is 5.41 Å². The van der Waals surface area contributed by atoms with Gasteiger partial charge in [-0.25, -0.2) is 9.97 Å². The number of halogens is 1. The maximum atomic E-state index is 12.2. The Labute approximate surface area is 124 Å². The number of aryl methyl sites for hydroxylation is 1. The van der Waals surface area contributed by atoms with Crippen LogP contribution in [-0.2, 0) is 0 Å². The third-order valence-electron chi connectivity index (χ3n) is 3.85. The zero-order valence-electron chi connectivity index (χ0n) is 12.2. The van der Waals surface area contributed by atoms with Crippen LogP contribution in [0.5, 0.6) is 0 Å². The van der Waals surface area contributed by atoms with Crippen LogP contribution in [0.25, 0.3) is 0 Å². The van der Waals surface area contributed by atoms with E-state index < -0.39 is 0 Å². The maximum Gasteiger partial charge on any atom is 0.271 e. The van der Waals surface area contributed by atoms with Crippen LogP contribution in [0.2, 0.25) is 5.02 Å². The number of amides is 1. The van der Waals surface area contributed by atoms with E-state index in [1.807, 2.05) is 0 Å². The van der Waals surface area contributed by atoms with Gasteiger partial charge in [0.1, 0.15) is 11.5 Å². The zero-order chi connectivity index (χ0) is 15.2. The lowest BCUT2D eigenvalue weighted by molar-refractivity contribution is 0.0902. The van der Waals surface area contributed by atoms with E-state index in [1.165, 1.54) is 6.20 Å². The summed E-state index contributed by atoms with van der Waals surface area (Å²) in [5.74, 6) is 0.205. The van der Waals surface area contributed by atoms with Crippen molar-refractivity contribution in [2.45, 2.75) is 40.0 Å². The van der Waals surface area contributed by atoms with E-state index in [0.29, 0.717) is 18.8 Å². The molecule has 0 saturated heterocycles. The van der Waals surface area contributed by atoms with Crippen LogP contribution in [0.1, 0.15) is 49.4 Å². The molecule has 0 aliphatic rings. The molecule has 0 fully saturated rings. The molecule has 0 spiro atoms. The molecule has 112 valence electrons. The lowest BCUT2D eigenvalue weighted by atomic mass is 9.79. The van der Waals surface area contributed by atoms with Gasteiger partial charge < -0.3 is 10.4 Å². The molecule has 0 saturated carbocycles. The average Bonchev–Trinajstić information content (AvgIpc) is 2.46. The molecular formula is C14H22ClN3O2. The summed E-state index contributed by atoms with van der Waals surface area (Å²) in [6.45, 7) is 6.45. The first kappa shape index (κ1) is 16.9. The monoisotopic (exact) mass is 299 g/mol. The number of aromatic nitrogens is 2. The summed E-state index contributed by atoms with van der Waals surface area (Å²) in [6.07, 6.45) is 3.87. The highest BCUT2D eigenvalue weighted by Crippen LogP contribution is 2.29. The summed E-state index contributed by atoms with van der Waals surface area (Å²) in [5.41, 5.74) is 0.114. The van der Waals surface area contributed by atoms with Crippen molar-refractivity contribution in [3.05, 3.63) is 22.7 Å². The van der Waals surface area contributed by atoms with E-state index in [1.54, 1.807) is 6.92 Å². The molecule has 1 rings (SSSR count). The molecule has 2 N–H and O–H groups in total. The summed E-state index contributed by atoms with van der Waals surface area (Å²) >= 11 is 5.94. The normalized spacial score (nSPS) is 11.4. The Hall–Kier alpha value is -1.20. The Kier molecular flexibility index (Phi) is 6.36. The van der Waals surface area contributed by atoms with Gasteiger partial charge in [-0.15, -0.1) is 0 Å². The minimum absolute atomic E-state index is 0.0844. The second-order valence-corrected chi connectivity index (χ2v) is 5.38. The standard InChI is InChI=1S/C14H22ClN3O2/c1-4-14(5-2,6-7-19)9-17-13(20)12-11(15)8-16-10(3)18-12/h8,19H,4-7,9H2,1-3H3,(H,17,20). The van der Waals surface area contributed by atoms with E-state index in [-0.39, 0.29) is 28.6 Å². The van der Waals surface area contributed by atoms with Gasteiger partial charge in [0.2, 0.25) is 0 Å². The highest BCUT2D eigenvalue weighted by molar-refractivity contribution is 6.33. The van der Waals surface area contributed by atoms with Crippen molar-refractivity contribution in [1.82, 2.24) is 15.3 Å². The van der Waals surface area contributed by atoms with Crippen molar-refractivity contribution in [2.75, 3.05) is 13.2 Å². The fourth-order valence-electron chi connectivity index (χ4n) is 2.15. The minimum atomic E-state index is -0.301. The second-order valence-electron chi connectivity index (χ2n) is 4.98. The van der Waals surface area contributed by atoms with Gasteiger partial charge in [0.05, 0.1) is 11.2 Å². The topological polar surface area (TPSA) is 75.1 Å². The first-order valence-electron chi connectivity index (χ1n) is 6.86. The number of hydrogen-bond donors (Lipinski definition) is 2. The summed E-state index contributed by atoms with van der Waals surface area (Å²) < 4.78 is 0. The molecule has 0 aliphatic carbocycles. The Morgan fingerprint density at radius 2 is 2.10 bits per heavy atom. The number of carbonyl (C=O) groups excluding carboxylic acids is 1. The van der Waals surface area contributed by atoms with Gasteiger partial charge in [-0.2, -0.15) is 0 Å². The molecule has 1 heterocycles. The van der Waals surface area contributed by atoms with Gasteiger partial charge in [0.25, 0.3) is 5.91 Å². The molecule has 0 unspecified atom stereocenters. The van der Waals surface area contributed by atoms with Crippen LogP contribution in [0, 0.1) is 12.3 Å². The predicted molar refractivity (Wildman–Crippen MR) is 78.8 cm³/mol. The largest absolute Gasteiger partial charge is 0.396 e. The van der Waals surface area contributed by atoms with Crippen LogP contribution >= 0.6 is 11.6 Å². The Morgan fingerprint density at radius 3 is 2.65 bits per heavy atom. The van der Waals surface area contributed by atoms with Gasteiger partial charge in [-0.1, -0.05) is 25.4 Å². The number of aliphatic hydroxyl groups excluding tert-OH is 1. The van der Waals surface area contributed by atoms with E-state index in [9.17, 15) is 9.90 Å². The molecule has 6 heteroatoms. The smallest absolute Gasteiger partial charge is 0.271 e. The van der Waals surface area contributed by atoms with E-state index >= 15 is 0 Å². The molecule has 5 nitrogen and oxygen atoms in total. The molecular weight excluding hydrogens is 278 g/mol. The first-order chi connectivity index (χ1) is 9.48. The zero-order valence-corrected chi connectivity index (χ0v) is 13.0. The van der Waals surface area contributed by atoms with Crippen molar-refractivity contribution in [3.8, 4) is 0 Å². The Morgan fingerprint density at radius 1 is 1.45 bits per heavy atom. The lowest BCUT2D eigenvalue weighted by Crippen LogP contribution is -2.38. The second kappa shape index (κ2) is 7.55. The minimum Gasteiger partial charge on any atom is -0.396 e. The van der Waals surface area contributed by atoms with Crippen molar-refractivity contribution in [1.29, 1.82) is 0 Å². The van der Waals surface area contributed by atoms with Gasteiger partial charge in [-0.05, 0) is 31.6 Å². The summed E-state index contributed by atoms with van der Waals surface area (Å²) in [5, 5.41) is 12.3. The highest BCUT2D eigenvalue weighted by atomic mass is 35.5. The number of carbonyl (C=O) groups is 1. The van der Waals surface area contributed by atoms with Crippen LogP contribution < -0.4 is 5.32 Å². The fraction of sp³-hybridized carbons (Fsp3) is 0.643. The number of nitrogens with zero attached hydrogens (tertiary/aromatic N) is 2. The molecule has 0 bridgehead atoms. The van der Waals surface area contributed by atoms with Gasteiger partial charge in [0.15, 0.2) is 0 Å². The predicted octanol–water partition coefficient (Wildman–Crippen LogP) is 2.36. The van der Waals surface area contributed by atoms with Crippen molar-refractivity contribution >= 4 is 17.5 Å². The van der Waals surface area contributed by atoms with Crippen LogP contribution in [0.15, 0.2) is 6.20 Å². The van der Waals surface area contributed by atoms with E-state index in [4.69, 9.17) is 11.6 Å². The number of hydrogen-bond acceptors (Lipinski definition) is 4. The third kappa shape index (κ3) is 4.15. The molecule has 1 aromatic rings. The first-order valence-corrected chi connectivity index (χ1v) is 7.24. The summed E-state index contributed by atoms with van der Waals surface area (Å²) in [6, 6.07) is 0. The summed E-state index contributed by atoms with van der Waals surface area (Å²) in [7, 11) is 0. The molecule has 1 amide bonds. The number of rotatable bonds is 7. The van der Waals surface area contributed by atoms with Gasteiger partial charge in [-0.3, -0.25) is 4.79 Å². The fourth-order valence-corrected chi connectivity index (χ4v) is 2.32. The maximum absolute atomic E-state index is 12.2. The third-order valence-corrected chi connectivity index (χ3v) is 4.12. The SMILES string of the molecule is CCC(CC)(CCO)CNC(=O)c1nc(C)ncc1Cl. The molecule has 0 atom stereocenters. The van der Waals surface area contributed by atoms with Crippen LogP contribution in [-0.4, -0.2) is 34.1 Å². The highest BCUT2D eigenvalue weighted by Gasteiger charge is 2.27. The molecule has 0 aromatic carbocycles. The van der Waals surface area contributed by atoms with Crippen molar-refractivity contribution in [3.63, 3.8) is 0 Å². The van der Waals surface area contributed by atoms with Gasteiger partial charge >= 0.3 is 0 Å². The molecule has 0 aliphatic heterocycles. The number of nitrogens with one attached hydrogen (secondary N) is 1. The Balaban J connectivity index is 2.77. The van der Waals surface area contributed by atoms with Crippen molar-refractivity contribution < 1.29 is 9.90 Å². The van der Waals surface area contributed by atoms with Gasteiger partial charge in [0, 0.05) is 13.2 Å². The van der Waals surface area contributed by atoms with Crippen LogP contribution in [0.4, 0.5) is 0 Å². The average molecular weight is 300 g/mol. The van der Waals surface area contributed by atoms with E-state index in [2.05, 4.69) is 29.1 Å². The molecule has 0 radical (unpaired) electrons. The molecule has 20 heavy (non-hydrogen) atoms. The lowest BCUT2D eigenvalue weighted by Gasteiger charge is -2.31. The molecule has 1 aromatic heterocycles. The number of aliphatic hydroxyl groups is 1. The summed E-state index contributed by atoms with van der Waals surface area (Å²) in [4.78, 5) is 20.2.